The van der Waals surface area contributed by atoms with Gasteiger partial charge in [-0.15, -0.1) is 12.4 Å². The predicted octanol–water partition coefficient (Wildman–Crippen LogP) is 1.25. The number of nitrogens with zero attached hydrogens (tertiary/aromatic N) is 2. The van der Waals surface area contributed by atoms with Crippen molar-refractivity contribution in [3.8, 4) is 0 Å². The molecule has 0 saturated carbocycles. The molecule has 1 aromatic carbocycles. The lowest BCUT2D eigenvalue weighted by molar-refractivity contribution is -0.134. The number of hydrogen-bond donors (Lipinski definition) is 2. The Kier molecular flexibility index (Phi) is 6.72. The van der Waals surface area contributed by atoms with Crippen LogP contribution in [0, 0.1) is 0 Å². The minimum absolute atomic E-state index is 0. The van der Waals surface area contributed by atoms with Crippen molar-refractivity contribution in [2.24, 2.45) is 0 Å². The van der Waals surface area contributed by atoms with E-state index in [0.29, 0.717) is 31.3 Å². The Balaban J connectivity index is 0.00000208. The number of nitrogens with one attached hydrogen (secondary N) is 2. The van der Waals surface area contributed by atoms with Crippen LogP contribution < -0.4 is 10.6 Å². The first-order valence-electron chi connectivity index (χ1n) is 7.71. The zero-order valence-electron chi connectivity index (χ0n) is 13.4. The average molecular weight is 353 g/mol. The smallest absolute Gasteiger partial charge is 0.251 e. The van der Waals surface area contributed by atoms with Gasteiger partial charge in [0.1, 0.15) is 6.10 Å². The Labute approximate surface area is 146 Å². The van der Waals surface area contributed by atoms with E-state index in [2.05, 4.69) is 20.8 Å². The second kappa shape index (κ2) is 8.77. The Morgan fingerprint density at radius 2 is 2.21 bits per heavy atom. The molecule has 2 heterocycles. The van der Waals surface area contributed by atoms with Gasteiger partial charge in [0.05, 0.1) is 19.1 Å². The quantitative estimate of drug-likeness (QED) is 0.841. The maximum Gasteiger partial charge on any atom is 0.251 e. The van der Waals surface area contributed by atoms with Crippen molar-refractivity contribution in [3.05, 3.63) is 47.6 Å². The molecule has 3 rings (SSSR count). The number of ether oxygens (including phenoxy) is 1. The lowest BCUT2D eigenvalue weighted by Gasteiger charge is -2.23. The van der Waals surface area contributed by atoms with Gasteiger partial charge in [0.2, 0.25) is 5.89 Å². The van der Waals surface area contributed by atoms with Gasteiger partial charge in [-0.05, 0) is 12.5 Å². The standard InChI is InChI=1S/C16H20N4O3.ClH/c1-11(18-16(21)13-10-17-7-8-22-13)15-19-14(23-20-15)9-12-5-3-2-4-6-12;/h2-6,11,13,17H,7-10H2,1H3,(H,18,21);1H. The molecule has 2 unspecified atom stereocenters. The van der Waals surface area contributed by atoms with E-state index >= 15 is 0 Å². The van der Waals surface area contributed by atoms with Crippen LogP contribution in [0.25, 0.3) is 0 Å². The van der Waals surface area contributed by atoms with Gasteiger partial charge < -0.3 is 19.9 Å². The van der Waals surface area contributed by atoms with Crippen molar-refractivity contribution in [3.63, 3.8) is 0 Å². The minimum atomic E-state index is -0.470. The van der Waals surface area contributed by atoms with E-state index < -0.39 is 6.10 Å². The molecule has 1 aliphatic rings. The third-order valence-electron chi connectivity index (χ3n) is 3.65. The number of halogens is 1. The molecule has 0 aliphatic carbocycles. The number of carbonyl (C=O) groups excluding carboxylic acids is 1. The summed E-state index contributed by atoms with van der Waals surface area (Å²) in [6.45, 7) is 3.65. The molecule has 24 heavy (non-hydrogen) atoms. The summed E-state index contributed by atoms with van der Waals surface area (Å²) in [5.41, 5.74) is 1.10. The third kappa shape index (κ3) is 4.77. The molecule has 7 nitrogen and oxygen atoms in total. The van der Waals surface area contributed by atoms with E-state index in [1.54, 1.807) is 0 Å². The molecular weight excluding hydrogens is 332 g/mol. The minimum Gasteiger partial charge on any atom is -0.366 e. The largest absolute Gasteiger partial charge is 0.366 e. The number of hydrogen-bond acceptors (Lipinski definition) is 6. The molecule has 2 N–H and O–H groups in total. The Hall–Kier alpha value is -1.96. The predicted molar refractivity (Wildman–Crippen MR) is 90.0 cm³/mol. The van der Waals surface area contributed by atoms with Crippen LogP contribution in [0.4, 0.5) is 0 Å². The normalized spacial score (nSPS) is 18.5. The molecule has 1 aromatic heterocycles. The molecule has 2 atom stereocenters. The number of carbonyl (C=O) groups is 1. The second-order valence-electron chi connectivity index (χ2n) is 5.50. The summed E-state index contributed by atoms with van der Waals surface area (Å²) >= 11 is 0. The first-order valence-corrected chi connectivity index (χ1v) is 7.71. The maximum absolute atomic E-state index is 12.1. The molecule has 0 radical (unpaired) electrons. The van der Waals surface area contributed by atoms with E-state index in [4.69, 9.17) is 9.26 Å². The van der Waals surface area contributed by atoms with Crippen LogP contribution in [0.5, 0.6) is 0 Å². The third-order valence-corrected chi connectivity index (χ3v) is 3.65. The molecule has 1 saturated heterocycles. The summed E-state index contributed by atoms with van der Waals surface area (Å²) < 4.78 is 10.7. The van der Waals surface area contributed by atoms with Crippen molar-refractivity contribution in [2.75, 3.05) is 19.7 Å². The van der Waals surface area contributed by atoms with E-state index in [1.165, 1.54) is 0 Å². The lowest BCUT2D eigenvalue weighted by atomic mass is 10.1. The monoisotopic (exact) mass is 352 g/mol. The molecular formula is C16H21ClN4O3. The van der Waals surface area contributed by atoms with Gasteiger partial charge in [-0.2, -0.15) is 4.98 Å². The van der Waals surface area contributed by atoms with Crippen LogP contribution in [-0.2, 0) is 16.0 Å². The summed E-state index contributed by atoms with van der Waals surface area (Å²) in [5.74, 6) is 0.829. The molecule has 2 aromatic rings. The Morgan fingerprint density at radius 3 is 2.92 bits per heavy atom. The van der Waals surface area contributed by atoms with Crippen LogP contribution in [0.2, 0.25) is 0 Å². The zero-order chi connectivity index (χ0) is 16.1. The summed E-state index contributed by atoms with van der Waals surface area (Å²) in [7, 11) is 0. The summed E-state index contributed by atoms with van der Waals surface area (Å²) in [6.07, 6.45) is 0.103. The fourth-order valence-electron chi connectivity index (χ4n) is 2.39. The van der Waals surface area contributed by atoms with Gasteiger partial charge in [-0.25, -0.2) is 0 Å². The first kappa shape index (κ1) is 18.4. The van der Waals surface area contributed by atoms with Crippen molar-refractivity contribution in [1.82, 2.24) is 20.8 Å². The van der Waals surface area contributed by atoms with Crippen molar-refractivity contribution in [1.29, 1.82) is 0 Å². The Bertz CT molecular complexity index is 644. The van der Waals surface area contributed by atoms with Gasteiger partial charge in [0.15, 0.2) is 5.82 Å². The van der Waals surface area contributed by atoms with Crippen molar-refractivity contribution < 1.29 is 14.1 Å². The summed E-state index contributed by atoms with van der Waals surface area (Å²) in [6, 6.07) is 9.57. The lowest BCUT2D eigenvalue weighted by Crippen LogP contribution is -2.48. The number of amides is 1. The van der Waals surface area contributed by atoms with Gasteiger partial charge in [-0.3, -0.25) is 4.79 Å². The average Bonchev–Trinajstić information content (AvgIpc) is 3.05. The molecule has 0 spiro atoms. The van der Waals surface area contributed by atoms with Gasteiger partial charge in [0, 0.05) is 13.1 Å². The fourth-order valence-corrected chi connectivity index (χ4v) is 2.39. The highest BCUT2D eigenvalue weighted by Gasteiger charge is 2.24. The van der Waals surface area contributed by atoms with Crippen LogP contribution in [0.15, 0.2) is 34.9 Å². The zero-order valence-corrected chi connectivity index (χ0v) is 14.2. The van der Waals surface area contributed by atoms with Crippen LogP contribution in [-0.4, -0.2) is 41.8 Å². The summed E-state index contributed by atoms with van der Waals surface area (Å²) in [5, 5.41) is 9.93. The van der Waals surface area contributed by atoms with E-state index in [1.807, 2.05) is 37.3 Å². The molecule has 1 aliphatic heterocycles. The topological polar surface area (TPSA) is 89.3 Å². The van der Waals surface area contributed by atoms with Crippen LogP contribution in [0.3, 0.4) is 0 Å². The van der Waals surface area contributed by atoms with Crippen LogP contribution in [0.1, 0.15) is 30.2 Å². The highest BCUT2D eigenvalue weighted by atomic mass is 35.5. The van der Waals surface area contributed by atoms with Crippen molar-refractivity contribution in [2.45, 2.75) is 25.5 Å². The molecule has 1 fully saturated rings. The maximum atomic E-state index is 12.1. The molecule has 0 bridgehead atoms. The number of benzene rings is 1. The van der Waals surface area contributed by atoms with E-state index in [0.717, 1.165) is 12.1 Å². The number of rotatable bonds is 5. The van der Waals surface area contributed by atoms with Crippen molar-refractivity contribution >= 4 is 18.3 Å². The molecule has 130 valence electrons. The second-order valence-corrected chi connectivity index (χ2v) is 5.50. The van der Waals surface area contributed by atoms with Gasteiger partial charge in [0.25, 0.3) is 5.91 Å². The first-order chi connectivity index (χ1) is 11.2. The van der Waals surface area contributed by atoms with E-state index in [9.17, 15) is 4.79 Å². The highest BCUT2D eigenvalue weighted by molar-refractivity contribution is 5.85. The van der Waals surface area contributed by atoms with Gasteiger partial charge in [-0.1, -0.05) is 35.5 Å². The molecule has 8 heteroatoms. The SMILES string of the molecule is CC(NC(=O)C1CNCCO1)c1noc(Cc2ccccc2)n1.Cl. The number of morpholine rings is 1. The van der Waals surface area contributed by atoms with E-state index in [-0.39, 0.29) is 24.4 Å². The van der Waals surface area contributed by atoms with Gasteiger partial charge >= 0.3 is 0 Å². The number of aromatic nitrogens is 2. The fraction of sp³-hybridized carbons (Fsp3) is 0.438. The Morgan fingerprint density at radius 1 is 1.42 bits per heavy atom. The molecule has 1 amide bonds. The van der Waals surface area contributed by atoms with Crippen LogP contribution >= 0.6 is 12.4 Å². The highest BCUT2D eigenvalue weighted by Crippen LogP contribution is 2.12. The summed E-state index contributed by atoms with van der Waals surface area (Å²) in [4.78, 5) is 16.5.